The average molecular weight is 375 g/mol. The van der Waals surface area contributed by atoms with Crippen molar-refractivity contribution in [2.45, 2.75) is 46.6 Å². The lowest BCUT2D eigenvalue weighted by Gasteiger charge is -2.30. The molecule has 27 heavy (non-hydrogen) atoms. The van der Waals surface area contributed by atoms with Crippen molar-refractivity contribution >= 4 is 22.8 Å². The van der Waals surface area contributed by atoms with E-state index in [1.54, 1.807) is 19.2 Å². The van der Waals surface area contributed by atoms with Gasteiger partial charge < -0.3 is 20.7 Å². The Morgan fingerprint density at radius 1 is 1.33 bits per heavy atom. The molecule has 0 aliphatic carbocycles. The molecule has 0 saturated heterocycles. The molecular weight excluding hydrogens is 346 g/mol. The van der Waals surface area contributed by atoms with Gasteiger partial charge in [-0.2, -0.15) is 0 Å². The van der Waals surface area contributed by atoms with E-state index in [-0.39, 0.29) is 30.4 Å². The minimum atomic E-state index is -0.794. The quantitative estimate of drug-likeness (QED) is 0.531. The molecule has 0 spiro atoms. The summed E-state index contributed by atoms with van der Waals surface area (Å²) in [7, 11) is 0. The summed E-state index contributed by atoms with van der Waals surface area (Å²) >= 11 is 0. The number of hydrogen-bond acceptors (Lipinski definition) is 5. The van der Waals surface area contributed by atoms with Crippen LogP contribution in [-0.4, -0.2) is 51.1 Å². The third-order valence-electron chi connectivity index (χ3n) is 5.11. The van der Waals surface area contributed by atoms with Crippen molar-refractivity contribution in [3.63, 3.8) is 0 Å². The predicted molar refractivity (Wildman–Crippen MR) is 103 cm³/mol. The van der Waals surface area contributed by atoms with Crippen molar-refractivity contribution in [2.75, 3.05) is 13.2 Å². The molecule has 2 rings (SSSR count). The molecule has 0 aromatic carbocycles. The summed E-state index contributed by atoms with van der Waals surface area (Å²) in [5.41, 5.74) is 0.146. The van der Waals surface area contributed by atoms with Gasteiger partial charge in [0.25, 0.3) is 5.91 Å². The maximum absolute atomic E-state index is 12.5. The van der Waals surface area contributed by atoms with Gasteiger partial charge in [0.1, 0.15) is 17.7 Å². The van der Waals surface area contributed by atoms with Crippen molar-refractivity contribution in [1.82, 2.24) is 25.6 Å². The summed E-state index contributed by atoms with van der Waals surface area (Å²) in [4.78, 5) is 36.0. The second-order valence-electron chi connectivity index (χ2n) is 7.40. The summed E-state index contributed by atoms with van der Waals surface area (Å²) < 4.78 is 0. The van der Waals surface area contributed by atoms with E-state index in [4.69, 9.17) is 0 Å². The number of H-pyrrole nitrogens is 1. The van der Waals surface area contributed by atoms with E-state index in [2.05, 4.69) is 25.6 Å². The Morgan fingerprint density at radius 2 is 2.07 bits per heavy atom. The van der Waals surface area contributed by atoms with Crippen LogP contribution >= 0.6 is 0 Å². The molecule has 8 nitrogen and oxygen atoms in total. The van der Waals surface area contributed by atoms with E-state index >= 15 is 0 Å². The van der Waals surface area contributed by atoms with Crippen molar-refractivity contribution in [3.05, 3.63) is 24.3 Å². The van der Waals surface area contributed by atoms with Gasteiger partial charge in [-0.15, -0.1) is 0 Å². The molecule has 4 N–H and O–H groups in total. The smallest absolute Gasteiger partial charge is 0.270 e. The van der Waals surface area contributed by atoms with Crippen LogP contribution in [0, 0.1) is 11.3 Å². The number of aliphatic hydroxyl groups excluding tert-OH is 1. The lowest BCUT2D eigenvalue weighted by Crippen LogP contribution is -2.48. The molecule has 0 fully saturated rings. The summed E-state index contributed by atoms with van der Waals surface area (Å²) in [6.07, 6.45) is 4.21. The first kappa shape index (κ1) is 20.8. The molecule has 2 amide bonds. The maximum Gasteiger partial charge on any atom is 0.270 e. The molecule has 2 aromatic heterocycles. The van der Waals surface area contributed by atoms with Crippen molar-refractivity contribution in [2.24, 2.45) is 11.3 Å². The highest BCUT2D eigenvalue weighted by molar-refractivity contribution is 6.03. The Bertz CT molecular complexity index is 782. The van der Waals surface area contributed by atoms with Gasteiger partial charge in [0.2, 0.25) is 5.91 Å². The number of nitrogens with zero attached hydrogens (tertiary/aromatic N) is 2. The van der Waals surface area contributed by atoms with E-state index in [1.165, 1.54) is 6.33 Å². The van der Waals surface area contributed by atoms with E-state index in [9.17, 15) is 14.7 Å². The zero-order valence-electron chi connectivity index (χ0n) is 16.4. The number of hydrogen-bond donors (Lipinski definition) is 4. The Balaban J connectivity index is 1.95. The van der Waals surface area contributed by atoms with Crippen LogP contribution in [0.25, 0.3) is 11.0 Å². The van der Waals surface area contributed by atoms with Crippen LogP contribution in [0.15, 0.2) is 18.6 Å². The molecule has 0 aliphatic heterocycles. The fourth-order valence-electron chi connectivity index (χ4n) is 2.74. The summed E-state index contributed by atoms with van der Waals surface area (Å²) in [6, 6.07) is 1.66. The molecular formula is C19H29N5O3. The molecule has 0 aliphatic rings. The van der Waals surface area contributed by atoms with Crippen LogP contribution in [0.5, 0.6) is 0 Å². The minimum absolute atomic E-state index is 0.104. The number of carbonyl (C=O) groups is 2. The Labute approximate surface area is 159 Å². The normalized spacial score (nSPS) is 14.7. The van der Waals surface area contributed by atoms with Gasteiger partial charge in [0, 0.05) is 18.8 Å². The van der Waals surface area contributed by atoms with Gasteiger partial charge in [-0.25, -0.2) is 9.97 Å². The Kier molecular flexibility index (Phi) is 6.90. The van der Waals surface area contributed by atoms with Crippen LogP contribution in [0.1, 0.15) is 51.0 Å². The molecule has 8 heteroatoms. The van der Waals surface area contributed by atoms with Gasteiger partial charge in [0.05, 0.1) is 17.4 Å². The predicted octanol–water partition coefficient (Wildman–Crippen LogP) is 1.63. The van der Waals surface area contributed by atoms with Crippen LogP contribution in [0.2, 0.25) is 0 Å². The lowest BCUT2D eigenvalue weighted by molar-refractivity contribution is -0.133. The second kappa shape index (κ2) is 8.94. The van der Waals surface area contributed by atoms with Gasteiger partial charge in [-0.1, -0.05) is 20.8 Å². The third kappa shape index (κ3) is 4.82. The zero-order valence-corrected chi connectivity index (χ0v) is 16.4. The highest BCUT2D eigenvalue weighted by Crippen LogP contribution is 2.21. The standard InChI is InChI=1S/C19H29N5O3/c1-5-19(4,10-25)18(27)24-14(12(2)3)7-9-21-17(26)15-13-6-8-20-16(13)23-11-22-15/h6,8,11-12,14,25H,5,7,9-10H2,1-4H3,(H,21,26)(H,24,27)(H,20,22,23)/t14-,19?/m1/s1. The van der Waals surface area contributed by atoms with Crippen LogP contribution < -0.4 is 10.6 Å². The summed E-state index contributed by atoms with van der Waals surface area (Å²) in [6.45, 7) is 7.87. The van der Waals surface area contributed by atoms with E-state index in [0.29, 0.717) is 36.1 Å². The number of amides is 2. The minimum Gasteiger partial charge on any atom is -0.395 e. The number of rotatable bonds is 9. The molecule has 1 unspecified atom stereocenters. The number of nitrogens with one attached hydrogen (secondary N) is 3. The fourth-order valence-corrected chi connectivity index (χ4v) is 2.74. The van der Waals surface area contributed by atoms with Gasteiger partial charge in [0.15, 0.2) is 0 Å². The lowest BCUT2D eigenvalue weighted by atomic mass is 9.86. The van der Waals surface area contributed by atoms with Gasteiger partial charge in [-0.3, -0.25) is 9.59 Å². The number of aliphatic hydroxyl groups is 1. The summed E-state index contributed by atoms with van der Waals surface area (Å²) in [5.74, 6) is -0.243. The molecule has 0 radical (unpaired) electrons. The number of carbonyl (C=O) groups excluding carboxylic acids is 2. The number of aromatic amines is 1. The molecule has 2 aromatic rings. The van der Waals surface area contributed by atoms with E-state index < -0.39 is 5.41 Å². The monoisotopic (exact) mass is 375 g/mol. The molecule has 0 bridgehead atoms. The van der Waals surface area contributed by atoms with Gasteiger partial charge >= 0.3 is 0 Å². The molecule has 2 heterocycles. The van der Waals surface area contributed by atoms with E-state index in [1.807, 2.05) is 20.8 Å². The number of fused-ring (bicyclic) bond motifs is 1. The fraction of sp³-hybridized carbons (Fsp3) is 0.579. The molecule has 0 saturated carbocycles. The molecule has 148 valence electrons. The highest BCUT2D eigenvalue weighted by atomic mass is 16.3. The first-order valence-corrected chi connectivity index (χ1v) is 9.30. The largest absolute Gasteiger partial charge is 0.395 e. The van der Waals surface area contributed by atoms with Crippen LogP contribution in [0.4, 0.5) is 0 Å². The zero-order chi connectivity index (χ0) is 20.0. The van der Waals surface area contributed by atoms with E-state index in [0.717, 1.165) is 0 Å². The van der Waals surface area contributed by atoms with Gasteiger partial charge in [-0.05, 0) is 31.7 Å². The first-order valence-electron chi connectivity index (χ1n) is 9.30. The topological polar surface area (TPSA) is 120 Å². The summed E-state index contributed by atoms with van der Waals surface area (Å²) in [5, 5.41) is 16.1. The average Bonchev–Trinajstić information content (AvgIpc) is 3.14. The van der Waals surface area contributed by atoms with Crippen LogP contribution in [-0.2, 0) is 4.79 Å². The highest BCUT2D eigenvalue weighted by Gasteiger charge is 2.32. The van der Waals surface area contributed by atoms with Crippen molar-refractivity contribution in [1.29, 1.82) is 0 Å². The van der Waals surface area contributed by atoms with Crippen molar-refractivity contribution in [3.8, 4) is 0 Å². The Hall–Kier alpha value is -2.48. The first-order chi connectivity index (χ1) is 12.8. The number of aromatic nitrogens is 3. The third-order valence-corrected chi connectivity index (χ3v) is 5.11. The Morgan fingerprint density at radius 3 is 2.70 bits per heavy atom. The molecule has 2 atom stereocenters. The van der Waals surface area contributed by atoms with Crippen molar-refractivity contribution < 1.29 is 14.7 Å². The SMILES string of the molecule is CCC(C)(CO)C(=O)N[C@H](CCNC(=O)c1ncnc2[nH]ccc12)C(C)C. The van der Waals surface area contributed by atoms with Crippen LogP contribution in [0.3, 0.4) is 0 Å². The maximum atomic E-state index is 12.5. The second-order valence-corrected chi connectivity index (χ2v) is 7.40.